The number of carbonyl (C=O) groups excluding carboxylic acids is 1. The van der Waals surface area contributed by atoms with Crippen LogP contribution in [0.15, 0.2) is 35.4 Å². The van der Waals surface area contributed by atoms with Crippen LogP contribution in [0.3, 0.4) is 0 Å². The first-order chi connectivity index (χ1) is 8.58. The quantitative estimate of drug-likeness (QED) is 0.363. The van der Waals surface area contributed by atoms with Crippen LogP contribution in [0.2, 0.25) is 0 Å². The molecule has 1 rings (SSSR count). The molecule has 0 unspecified atom stereocenters. The van der Waals surface area contributed by atoms with Crippen molar-refractivity contribution in [1.82, 2.24) is 5.43 Å². The van der Waals surface area contributed by atoms with E-state index in [1.54, 1.807) is 6.92 Å². The Hall–Kier alpha value is -1.95. The SMILES string of the molecule is CC(CC(=O)OCc1ccccc1)=NNC(N)=S. The molecule has 0 bridgehead atoms. The van der Waals surface area contributed by atoms with E-state index in [9.17, 15) is 4.79 Å². The summed E-state index contributed by atoms with van der Waals surface area (Å²) >= 11 is 4.59. The van der Waals surface area contributed by atoms with Gasteiger partial charge in [-0.05, 0) is 24.7 Å². The molecule has 0 heterocycles. The number of thiocarbonyl (C=S) groups is 1. The maximum atomic E-state index is 11.5. The summed E-state index contributed by atoms with van der Waals surface area (Å²) in [6.45, 7) is 1.95. The smallest absolute Gasteiger partial charge is 0.311 e. The van der Waals surface area contributed by atoms with Crippen LogP contribution in [0.25, 0.3) is 0 Å². The van der Waals surface area contributed by atoms with Gasteiger partial charge in [-0.3, -0.25) is 10.2 Å². The van der Waals surface area contributed by atoms with Crippen molar-refractivity contribution in [2.24, 2.45) is 10.8 Å². The number of hydrogen-bond acceptors (Lipinski definition) is 4. The van der Waals surface area contributed by atoms with Crippen LogP contribution in [0.4, 0.5) is 0 Å². The zero-order valence-corrected chi connectivity index (χ0v) is 10.9. The number of ether oxygens (including phenoxy) is 1. The van der Waals surface area contributed by atoms with Crippen molar-refractivity contribution in [1.29, 1.82) is 0 Å². The van der Waals surface area contributed by atoms with Crippen LogP contribution in [-0.4, -0.2) is 16.8 Å². The molecular formula is C12H15N3O2S. The maximum Gasteiger partial charge on any atom is 0.311 e. The summed E-state index contributed by atoms with van der Waals surface area (Å²) in [4.78, 5) is 11.5. The summed E-state index contributed by atoms with van der Waals surface area (Å²) in [6, 6.07) is 9.47. The Labute approximate surface area is 111 Å². The number of carbonyl (C=O) groups is 1. The van der Waals surface area contributed by atoms with Crippen LogP contribution in [-0.2, 0) is 16.1 Å². The molecule has 0 aliphatic carbocycles. The minimum atomic E-state index is -0.343. The highest BCUT2D eigenvalue weighted by atomic mass is 32.1. The summed E-state index contributed by atoms with van der Waals surface area (Å²) in [5.41, 5.74) is 9.12. The lowest BCUT2D eigenvalue weighted by Crippen LogP contribution is -2.25. The fraction of sp³-hybridized carbons (Fsp3) is 0.250. The highest BCUT2D eigenvalue weighted by Gasteiger charge is 2.05. The van der Waals surface area contributed by atoms with E-state index in [-0.39, 0.29) is 24.1 Å². The summed E-state index contributed by atoms with van der Waals surface area (Å²) in [6.07, 6.45) is 0.0996. The molecule has 0 atom stereocenters. The van der Waals surface area contributed by atoms with E-state index in [1.807, 2.05) is 30.3 Å². The Bertz CT molecular complexity index is 446. The van der Waals surface area contributed by atoms with Crippen LogP contribution < -0.4 is 11.2 Å². The van der Waals surface area contributed by atoms with Gasteiger partial charge in [0.05, 0.1) is 6.42 Å². The zero-order valence-electron chi connectivity index (χ0n) is 10.1. The molecule has 3 N–H and O–H groups in total. The molecule has 0 fully saturated rings. The molecule has 0 aliphatic heterocycles. The Kier molecular flexibility index (Phi) is 5.79. The van der Waals surface area contributed by atoms with Crippen molar-refractivity contribution >= 4 is 29.0 Å². The van der Waals surface area contributed by atoms with Gasteiger partial charge >= 0.3 is 5.97 Å². The van der Waals surface area contributed by atoms with Gasteiger partial charge in [-0.2, -0.15) is 5.10 Å². The lowest BCUT2D eigenvalue weighted by Gasteiger charge is -2.05. The van der Waals surface area contributed by atoms with E-state index in [0.717, 1.165) is 5.56 Å². The van der Waals surface area contributed by atoms with Crippen molar-refractivity contribution in [3.63, 3.8) is 0 Å². The molecule has 0 radical (unpaired) electrons. The van der Waals surface area contributed by atoms with Crippen LogP contribution in [0.1, 0.15) is 18.9 Å². The van der Waals surface area contributed by atoms with Crippen LogP contribution in [0.5, 0.6) is 0 Å². The molecule has 1 aromatic carbocycles. The third kappa shape index (κ3) is 5.95. The number of esters is 1. The number of hydrogen-bond donors (Lipinski definition) is 2. The molecule has 6 heteroatoms. The third-order valence-electron chi connectivity index (χ3n) is 2.00. The van der Waals surface area contributed by atoms with E-state index in [4.69, 9.17) is 10.5 Å². The molecule has 0 aliphatic rings. The van der Waals surface area contributed by atoms with E-state index >= 15 is 0 Å². The molecule has 0 aromatic heterocycles. The predicted molar refractivity (Wildman–Crippen MR) is 73.9 cm³/mol. The molecule has 18 heavy (non-hydrogen) atoms. The number of nitrogens with two attached hydrogens (primary N) is 1. The first-order valence-corrected chi connectivity index (χ1v) is 5.77. The Morgan fingerprint density at radius 2 is 2.11 bits per heavy atom. The van der Waals surface area contributed by atoms with Gasteiger partial charge in [0, 0.05) is 5.71 Å². The molecule has 5 nitrogen and oxygen atoms in total. The second-order valence-electron chi connectivity index (χ2n) is 3.65. The average molecular weight is 265 g/mol. The summed E-state index contributed by atoms with van der Waals surface area (Å²) in [7, 11) is 0. The van der Waals surface area contributed by atoms with Gasteiger partial charge < -0.3 is 10.5 Å². The van der Waals surface area contributed by atoms with E-state index in [0.29, 0.717) is 5.71 Å². The van der Waals surface area contributed by atoms with E-state index in [2.05, 4.69) is 22.7 Å². The molecule has 0 saturated carbocycles. The van der Waals surface area contributed by atoms with Crippen molar-refractivity contribution in [3.8, 4) is 0 Å². The second kappa shape index (κ2) is 7.39. The molecular weight excluding hydrogens is 250 g/mol. The van der Waals surface area contributed by atoms with Gasteiger partial charge in [0.25, 0.3) is 0 Å². The van der Waals surface area contributed by atoms with Gasteiger partial charge in [-0.1, -0.05) is 30.3 Å². The largest absolute Gasteiger partial charge is 0.461 e. The molecule has 1 aromatic rings. The molecule has 0 spiro atoms. The van der Waals surface area contributed by atoms with Crippen LogP contribution in [0, 0.1) is 0 Å². The van der Waals surface area contributed by atoms with Crippen molar-refractivity contribution in [2.45, 2.75) is 20.0 Å². The number of nitrogens with zero attached hydrogens (tertiary/aromatic N) is 1. The molecule has 96 valence electrons. The van der Waals surface area contributed by atoms with Gasteiger partial charge in [0.15, 0.2) is 5.11 Å². The number of hydrazone groups is 1. The van der Waals surface area contributed by atoms with Gasteiger partial charge in [-0.25, -0.2) is 0 Å². The predicted octanol–water partition coefficient (Wildman–Crippen LogP) is 1.33. The highest BCUT2D eigenvalue weighted by molar-refractivity contribution is 7.80. The van der Waals surface area contributed by atoms with E-state index in [1.165, 1.54) is 0 Å². The number of nitrogens with one attached hydrogen (secondary N) is 1. The zero-order chi connectivity index (χ0) is 13.4. The molecule has 0 saturated heterocycles. The first kappa shape index (κ1) is 14.1. The fourth-order valence-corrected chi connectivity index (χ4v) is 1.23. The summed E-state index contributed by atoms with van der Waals surface area (Å²) in [5, 5.41) is 3.88. The van der Waals surface area contributed by atoms with Gasteiger partial charge in [-0.15, -0.1) is 0 Å². The fourth-order valence-electron chi connectivity index (χ4n) is 1.19. The summed E-state index contributed by atoms with van der Waals surface area (Å²) in [5.74, 6) is -0.343. The first-order valence-electron chi connectivity index (χ1n) is 5.36. The second-order valence-corrected chi connectivity index (χ2v) is 4.09. The topological polar surface area (TPSA) is 76.7 Å². The van der Waals surface area contributed by atoms with Crippen molar-refractivity contribution in [2.75, 3.05) is 0 Å². The lowest BCUT2D eigenvalue weighted by molar-refractivity contribution is -0.143. The Balaban J connectivity index is 2.34. The van der Waals surface area contributed by atoms with E-state index < -0.39 is 0 Å². The lowest BCUT2D eigenvalue weighted by atomic mass is 10.2. The summed E-state index contributed by atoms with van der Waals surface area (Å²) < 4.78 is 5.09. The van der Waals surface area contributed by atoms with Crippen molar-refractivity contribution < 1.29 is 9.53 Å². The average Bonchev–Trinajstić information content (AvgIpc) is 2.35. The normalized spacial score (nSPS) is 10.8. The third-order valence-corrected chi connectivity index (χ3v) is 2.09. The Morgan fingerprint density at radius 1 is 1.44 bits per heavy atom. The standard InChI is InChI=1S/C12H15N3O2S/c1-9(14-15-12(13)18)7-11(16)17-8-10-5-3-2-4-6-10/h2-6H,7-8H2,1H3,(H3,13,15,18). The number of rotatable bonds is 5. The van der Waals surface area contributed by atoms with Crippen LogP contribution >= 0.6 is 12.2 Å². The minimum Gasteiger partial charge on any atom is -0.461 e. The maximum absolute atomic E-state index is 11.5. The highest BCUT2D eigenvalue weighted by Crippen LogP contribution is 2.02. The van der Waals surface area contributed by atoms with Crippen molar-refractivity contribution in [3.05, 3.63) is 35.9 Å². The minimum absolute atomic E-state index is 0.0620. The monoisotopic (exact) mass is 265 g/mol. The molecule has 0 amide bonds. The van der Waals surface area contributed by atoms with Gasteiger partial charge in [0.2, 0.25) is 0 Å². The Morgan fingerprint density at radius 3 is 2.72 bits per heavy atom. The number of benzene rings is 1. The van der Waals surface area contributed by atoms with Gasteiger partial charge in [0.1, 0.15) is 6.61 Å².